The molecule has 2 N–H and O–H groups in total. The van der Waals surface area contributed by atoms with Gasteiger partial charge in [0.1, 0.15) is 5.52 Å². The fraction of sp³-hybridized carbons (Fsp3) is 0.100. The van der Waals surface area contributed by atoms with Crippen LogP contribution in [0.25, 0.3) is 11.2 Å². The molecule has 0 saturated carbocycles. The summed E-state index contributed by atoms with van der Waals surface area (Å²) in [5.41, 5.74) is 1.47. The summed E-state index contributed by atoms with van der Waals surface area (Å²) in [7, 11) is 0. The second-order valence-corrected chi connectivity index (χ2v) is 6.10. The topological polar surface area (TPSA) is 92.7 Å². The van der Waals surface area contributed by atoms with Crippen molar-refractivity contribution in [2.45, 2.75) is 13.1 Å². The predicted molar refractivity (Wildman–Crippen MR) is 104 cm³/mol. The number of aromatic amines is 1. The normalized spacial score (nSPS) is 10.8. The van der Waals surface area contributed by atoms with Crippen LogP contribution >= 0.6 is 0 Å². The van der Waals surface area contributed by atoms with Gasteiger partial charge in [-0.05, 0) is 11.1 Å². The molecule has 0 radical (unpaired) electrons. The van der Waals surface area contributed by atoms with E-state index in [1.807, 2.05) is 60.7 Å². The largest absolute Gasteiger partial charge is 0.350 e. The summed E-state index contributed by atoms with van der Waals surface area (Å²) in [6.45, 7) is 0.813. The zero-order valence-corrected chi connectivity index (χ0v) is 14.4. The average Bonchev–Trinajstić information content (AvgIpc) is 2.71. The van der Waals surface area contributed by atoms with E-state index in [-0.39, 0.29) is 6.54 Å². The zero-order valence-electron chi connectivity index (χ0n) is 14.4. The van der Waals surface area contributed by atoms with Crippen LogP contribution in [-0.2, 0) is 13.1 Å². The molecule has 4 aromatic rings. The number of H-pyrrole nitrogens is 1. The van der Waals surface area contributed by atoms with Crippen molar-refractivity contribution in [2.75, 3.05) is 5.32 Å². The molecule has 0 aliphatic rings. The van der Waals surface area contributed by atoms with Crippen LogP contribution in [0, 0.1) is 0 Å². The van der Waals surface area contributed by atoms with E-state index >= 15 is 0 Å². The minimum Gasteiger partial charge on any atom is -0.350 e. The number of rotatable bonds is 5. The van der Waals surface area contributed by atoms with Crippen LogP contribution in [-0.4, -0.2) is 19.5 Å². The van der Waals surface area contributed by atoms with Gasteiger partial charge in [-0.2, -0.15) is 4.98 Å². The van der Waals surface area contributed by atoms with Gasteiger partial charge < -0.3 is 10.3 Å². The van der Waals surface area contributed by atoms with Crippen LogP contribution in [0.15, 0.2) is 76.4 Å². The second-order valence-electron chi connectivity index (χ2n) is 6.10. The van der Waals surface area contributed by atoms with Crippen molar-refractivity contribution < 1.29 is 0 Å². The highest BCUT2D eigenvalue weighted by atomic mass is 16.2. The summed E-state index contributed by atoms with van der Waals surface area (Å²) < 4.78 is 1.37. The highest BCUT2D eigenvalue weighted by Crippen LogP contribution is 2.11. The van der Waals surface area contributed by atoms with E-state index in [1.54, 1.807) is 0 Å². The molecule has 134 valence electrons. The number of fused-ring (bicyclic) bond motifs is 1. The molecule has 0 aliphatic heterocycles. The lowest BCUT2D eigenvalue weighted by Crippen LogP contribution is -2.37. The number of benzene rings is 2. The number of nitrogens with one attached hydrogen (secondary N) is 2. The fourth-order valence-corrected chi connectivity index (χ4v) is 2.84. The first-order valence-corrected chi connectivity index (χ1v) is 8.52. The molecule has 4 rings (SSSR count). The minimum absolute atomic E-state index is 0.259. The van der Waals surface area contributed by atoms with Crippen molar-refractivity contribution in [2.24, 2.45) is 0 Å². The Morgan fingerprint density at radius 3 is 2.30 bits per heavy atom. The number of nitrogens with zero attached hydrogens (tertiary/aromatic N) is 3. The summed E-state index contributed by atoms with van der Waals surface area (Å²) in [4.78, 5) is 35.6. The maximum atomic E-state index is 12.4. The van der Waals surface area contributed by atoms with Gasteiger partial charge >= 0.3 is 11.1 Å². The van der Waals surface area contributed by atoms with Crippen LogP contribution in [0.1, 0.15) is 11.1 Å². The van der Waals surface area contributed by atoms with E-state index in [4.69, 9.17) is 0 Å². The Bertz CT molecular complexity index is 1180. The van der Waals surface area contributed by atoms with Gasteiger partial charge in [-0.25, -0.2) is 4.98 Å². The molecule has 2 aromatic carbocycles. The number of anilines is 1. The molecule has 0 aliphatic carbocycles. The van der Waals surface area contributed by atoms with E-state index in [0.717, 1.165) is 11.1 Å². The summed E-state index contributed by atoms with van der Waals surface area (Å²) in [6, 6.07) is 19.3. The SMILES string of the molecule is O=c1[nH]c2cnc(NCc3ccccc3)nc2n(Cc2ccccc2)c1=O. The summed E-state index contributed by atoms with van der Waals surface area (Å²) in [5, 5.41) is 3.15. The van der Waals surface area contributed by atoms with Crippen LogP contribution < -0.4 is 16.4 Å². The molecular weight excluding hydrogens is 342 g/mol. The molecule has 2 heterocycles. The molecule has 0 atom stereocenters. The molecule has 0 saturated heterocycles. The Hall–Kier alpha value is -3.74. The highest BCUT2D eigenvalue weighted by molar-refractivity contribution is 5.70. The Kier molecular flexibility index (Phi) is 4.49. The summed E-state index contributed by atoms with van der Waals surface area (Å²) in [5.74, 6) is 0.389. The third-order valence-corrected chi connectivity index (χ3v) is 4.19. The third-order valence-electron chi connectivity index (χ3n) is 4.19. The quantitative estimate of drug-likeness (QED) is 0.533. The molecule has 0 amide bonds. The Balaban J connectivity index is 1.72. The van der Waals surface area contributed by atoms with E-state index in [2.05, 4.69) is 20.3 Å². The van der Waals surface area contributed by atoms with Crippen molar-refractivity contribution in [3.05, 3.63) is 98.7 Å². The maximum Gasteiger partial charge on any atom is 0.318 e. The van der Waals surface area contributed by atoms with Gasteiger partial charge in [-0.15, -0.1) is 0 Å². The summed E-state index contributed by atoms with van der Waals surface area (Å²) >= 11 is 0. The predicted octanol–water partition coefficient (Wildman–Crippen LogP) is 2.14. The van der Waals surface area contributed by atoms with Crippen LogP contribution in [0.4, 0.5) is 5.95 Å². The van der Waals surface area contributed by atoms with Crippen LogP contribution in [0.3, 0.4) is 0 Å². The van der Waals surface area contributed by atoms with Gasteiger partial charge in [0.15, 0.2) is 5.65 Å². The molecule has 7 heteroatoms. The van der Waals surface area contributed by atoms with Gasteiger partial charge in [0.2, 0.25) is 5.95 Å². The standard InChI is InChI=1S/C20H17N5O2/c26-18-19(27)25(13-15-9-5-2-6-10-15)17-16(23-18)12-22-20(24-17)21-11-14-7-3-1-4-8-14/h1-10,12H,11,13H2,(H,23,26)(H,21,22,24). The van der Waals surface area contributed by atoms with Crippen LogP contribution in [0.2, 0.25) is 0 Å². The number of hydrogen-bond acceptors (Lipinski definition) is 5. The molecular formula is C20H17N5O2. The Morgan fingerprint density at radius 2 is 1.59 bits per heavy atom. The second kappa shape index (κ2) is 7.25. The van der Waals surface area contributed by atoms with E-state index in [9.17, 15) is 9.59 Å². The lowest BCUT2D eigenvalue weighted by molar-refractivity contribution is 0.763. The molecule has 0 spiro atoms. The lowest BCUT2D eigenvalue weighted by Gasteiger charge is -2.10. The van der Waals surface area contributed by atoms with E-state index in [1.165, 1.54) is 10.8 Å². The van der Waals surface area contributed by atoms with Gasteiger partial charge in [-0.1, -0.05) is 60.7 Å². The Morgan fingerprint density at radius 1 is 0.926 bits per heavy atom. The van der Waals surface area contributed by atoms with Crippen molar-refractivity contribution in [1.82, 2.24) is 19.5 Å². The first kappa shape index (κ1) is 16.7. The summed E-state index contributed by atoms with van der Waals surface area (Å²) in [6.07, 6.45) is 1.51. The minimum atomic E-state index is -0.688. The van der Waals surface area contributed by atoms with Gasteiger partial charge in [-0.3, -0.25) is 14.2 Å². The monoisotopic (exact) mass is 359 g/mol. The van der Waals surface area contributed by atoms with Gasteiger partial charge in [0.25, 0.3) is 0 Å². The molecule has 2 aromatic heterocycles. The van der Waals surface area contributed by atoms with Crippen LogP contribution in [0.5, 0.6) is 0 Å². The van der Waals surface area contributed by atoms with E-state index < -0.39 is 11.1 Å². The molecule has 0 unspecified atom stereocenters. The van der Waals surface area contributed by atoms with Crippen molar-refractivity contribution in [3.8, 4) is 0 Å². The Labute approximate surface area is 154 Å². The molecule has 7 nitrogen and oxygen atoms in total. The van der Waals surface area contributed by atoms with Crippen molar-refractivity contribution in [1.29, 1.82) is 0 Å². The highest BCUT2D eigenvalue weighted by Gasteiger charge is 2.11. The number of hydrogen-bond donors (Lipinski definition) is 2. The van der Waals surface area contributed by atoms with E-state index in [0.29, 0.717) is 23.7 Å². The average molecular weight is 359 g/mol. The van der Waals surface area contributed by atoms with Gasteiger partial charge in [0.05, 0.1) is 12.7 Å². The maximum absolute atomic E-state index is 12.4. The number of aromatic nitrogens is 4. The molecule has 0 bridgehead atoms. The zero-order chi connectivity index (χ0) is 18.6. The fourth-order valence-electron chi connectivity index (χ4n) is 2.84. The smallest absolute Gasteiger partial charge is 0.318 e. The van der Waals surface area contributed by atoms with Gasteiger partial charge in [0, 0.05) is 6.54 Å². The first-order chi connectivity index (χ1) is 13.2. The molecule has 0 fully saturated rings. The van der Waals surface area contributed by atoms with Crippen molar-refractivity contribution in [3.63, 3.8) is 0 Å². The lowest BCUT2D eigenvalue weighted by atomic mass is 10.2. The third kappa shape index (κ3) is 3.62. The van der Waals surface area contributed by atoms with Crippen molar-refractivity contribution >= 4 is 17.1 Å². The first-order valence-electron chi connectivity index (χ1n) is 8.52. The molecule has 27 heavy (non-hydrogen) atoms.